The summed E-state index contributed by atoms with van der Waals surface area (Å²) in [4.78, 5) is 28.6. The lowest BCUT2D eigenvalue weighted by Crippen LogP contribution is -2.36. The van der Waals surface area contributed by atoms with Crippen molar-refractivity contribution in [1.82, 2.24) is 20.3 Å². The molecule has 2 aliphatic rings. The third-order valence-electron chi connectivity index (χ3n) is 5.39. The maximum atomic E-state index is 12.7. The Morgan fingerprint density at radius 3 is 2.88 bits per heavy atom. The Morgan fingerprint density at radius 1 is 1.27 bits per heavy atom. The van der Waals surface area contributed by atoms with Gasteiger partial charge in [0, 0.05) is 37.1 Å². The first-order valence-corrected chi connectivity index (χ1v) is 9.52. The van der Waals surface area contributed by atoms with Crippen molar-refractivity contribution in [2.24, 2.45) is 5.92 Å². The van der Waals surface area contributed by atoms with Gasteiger partial charge in [0.25, 0.3) is 0 Å². The number of nitrogens with zero attached hydrogens (tertiary/aromatic N) is 4. The Bertz CT molecular complexity index is 773. The maximum absolute atomic E-state index is 12.7. The van der Waals surface area contributed by atoms with Crippen molar-refractivity contribution < 1.29 is 4.79 Å². The number of fused-ring (bicyclic) bond motifs is 1. The number of aromatic nitrogens is 3. The molecule has 6 nitrogen and oxygen atoms in total. The number of pyridine rings is 1. The summed E-state index contributed by atoms with van der Waals surface area (Å²) in [7, 11) is 0. The topological polar surface area (TPSA) is 71.0 Å². The van der Waals surface area contributed by atoms with Crippen LogP contribution in [0.25, 0.3) is 0 Å². The zero-order valence-electron chi connectivity index (χ0n) is 15.2. The zero-order valence-corrected chi connectivity index (χ0v) is 15.2. The van der Waals surface area contributed by atoms with Gasteiger partial charge in [0.15, 0.2) is 0 Å². The van der Waals surface area contributed by atoms with Crippen LogP contribution in [0.4, 0.5) is 5.95 Å². The molecule has 3 heterocycles. The molecule has 0 aromatic carbocycles. The van der Waals surface area contributed by atoms with E-state index in [9.17, 15) is 4.79 Å². The number of nitrogens with one attached hydrogen (secondary N) is 1. The van der Waals surface area contributed by atoms with Gasteiger partial charge in [0.1, 0.15) is 0 Å². The minimum absolute atomic E-state index is 0.0186. The molecule has 0 radical (unpaired) electrons. The Balaban J connectivity index is 1.40. The third kappa shape index (κ3) is 3.54. The number of anilines is 1. The van der Waals surface area contributed by atoms with Crippen LogP contribution in [0.1, 0.15) is 49.2 Å². The Kier molecular flexibility index (Phi) is 4.82. The van der Waals surface area contributed by atoms with Gasteiger partial charge in [0.2, 0.25) is 11.9 Å². The standard InChI is InChI=1S/C20H25N5O/c1-14(17-6-2-3-9-21-17)23-19(26)15-7-8-18-16(12-15)13-22-20(24-18)25-10-4-5-11-25/h2-3,6,9,13-15H,4-5,7-8,10-12H2,1H3,(H,23,26)/t14-,15+/m1/s1. The summed E-state index contributed by atoms with van der Waals surface area (Å²) in [6.07, 6.45) is 8.52. The molecule has 136 valence electrons. The highest BCUT2D eigenvalue weighted by atomic mass is 16.1. The van der Waals surface area contributed by atoms with E-state index in [2.05, 4.69) is 20.2 Å². The van der Waals surface area contributed by atoms with E-state index >= 15 is 0 Å². The van der Waals surface area contributed by atoms with E-state index in [-0.39, 0.29) is 17.9 Å². The van der Waals surface area contributed by atoms with Crippen LogP contribution in [0.15, 0.2) is 30.6 Å². The monoisotopic (exact) mass is 351 g/mol. The molecule has 2 aromatic rings. The van der Waals surface area contributed by atoms with Crippen molar-refractivity contribution in [3.63, 3.8) is 0 Å². The van der Waals surface area contributed by atoms with Crippen LogP contribution in [0.2, 0.25) is 0 Å². The van der Waals surface area contributed by atoms with Crippen molar-refractivity contribution >= 4 is 11.9 Å². The Hall–Kier alpha value is -2.50. The normalized spacial score (nSPS) is 20.5. The van der Waals surface area contributed by atoms with Crippen molar-refractivity contribution in [3.05, 3.63) is 47.5 Å². The second-order valence-electron chi connectivity index (χ2n) is 7.26. The van der Waals surface area contributed by atoms with E-state index < -0.39 is 0 Å². The minimum atomic E-state index is -0.0844. The number of rotatable bonds is 4. The first kappa shape index (κ1) is 16.9. The Morgan fingerprint density at radius 2 is 2.12 bits per heavy atom. The van der Waals surface area contributed by atoms with E-state index in [0.29, 0.717) is 0 Å². The van der Waals surface area contributed by atoms with Gasteiger partial charge < -0.3 is 10.2 Å². The fourth-order valence-corrected chi connectivity index (χ4v) is 3.83. The molecule has 1 N–H and O–H groups in total. The van der Waals surface area contributed by atoms with E-state index in [1.165, 1.54) is 12.8 Å². The number of aryl methyl sites for hydroxylation is 1. The smallest absolute Gasteiger partial charge is 0.225 e. The first-order chi connectivity index (χ1) is 12.7. The Labute approximate surface area is 154 Å². The summed E-state index contributed by atoms with van der Waals surface area (Å²) in [6.45, 7) is 4.08. The van der Waals surface area contributed by atoms with Crippen molar-refractivity contribution in [1.29, 1.82) is 0 Å². The highest BCUT2D eigenvalue weighted by Gasteiger charge is 2.28. The summed E-state index contributed by atoms with van der Waals surface area (Å²) >= 11 is 0. The molecule has 1 amide bonds. The quantitative estimate of drug-likeness (QED) is 0.916. The maximum Gasteiger partial charge on any atom is 0.225 e. The molecule has 4 rings (SSSR count). The molecule has 1 saturated heterocycles. The van der Waals surface area contributed by atoms with Crippen LogP contribution in [0.3, 0.4) is 0 Å². The molecule has 2 atom stereocenters. The van der Waals surface area contributed by atoms with Crippen LogP contribution >= 0.6 is 0 Å². The van der Waals surface area contributed by atoms with Crippen LogP contribution in [-0.2, 0) is 17.6 Å². The van der Waals surface area contributed by atoms with Gasteiger partial charge in [-0.1, -0.05) is 6.07 Å². The van der Waals surface area contributed by atoms with E-state index in [0.717, 1.165) is 55.3 Å². The van der Waals surface area contributed by atoms with E-state index in [1.807, 2.05) is 31.3 Å². The molecule has 0 spiro atoms. The van der Waals surface area contributed by atoms with Crippen LogP contribution in [0, 0.1) is 5.92 Å². The van der Waals surface area contributed by atoms with Crippen molar-refractivity contribution in [2.75, 3.05) is 18.0 Å². The molecule has 0 unspecified atom stereocenters. The molecule has 26 heavy (non-hydrogen) atoms. The predicted octanol–water partition coefficient (Wildman–Crippen LogP) is 2.45. The fourth-order valence-electron chi connectivity index (χ4n) is 3.83. The summed E-state index contributed by atoms with van der Waals surface area (Å²) in [5, 5.41) is 3.10. The van der Waals surface area contributed by atoms with Gasteiger partial charge in [-0.25, -0.2) is 9.97 Å². The molecular formula is C20H25N5O. The van der Waals surface area contributed by atoms with Crippen molar-refractivity contribution in [3.8, 4) is 0 Å². The number of carbonyl (C=O) groups excluding carboxylic acids is 1. The summed E-state index contributed by atoms with van der Waals surface area (Å²) in [6, 6.07) is 5.68. The zero-order chi connectivity index (χ0) is 17.9. The third-order valence-corrected chi connectivity index (χ3v) is 5.39. The van der Waals surface area contributed by atoms with Gasteiger partial charge >= 0.3 is 0 Å². The van der Waals surface area contributed by atoms with Gasteiger partial charge in [-0.15, -0.1) is 0 Å². The summed E-state index contributed by atoms with van der Waals surface area (Å²) < 4.78 is 0. The minimum Gasteiger partial charge on any atom is -0.348 e. The van der Waals surface area contributed by atoms with Gasteiger partial charge in [-0.3, -0.25) is 9.78 Å². The molecule has 1 fully saturated rings. The van der Waals surface area contributed by atoms with E-state index in [4.69, 9.17) is 4.98 Å². The van der Waals surface area contributed by atoms with Gasteiger partial charge in [0.05, 0.1) is 11.7 Å². The molecule has 1 aliphatic carbocycles. The molecular weight excluding hydrogens is 326 g/mol. The SMILES string of the molecule is C[C@@H](NC(=O)[C@H]1CCc2nc(N3CCCC3)ncc2C1)c1ccccn1. The average Bonchev–Trinajstić information content (AvgIpc) is 3.22. The highest BCUT2D eigenvalue weighted by Crippen LogP contribution is 2.27. The van der Waals surface area contributed by atoms with Crippen LogP contribution < -0.4 is 10.2 Å². The lowest BCUT2D eigenvalue weighted by molar-refractivity contribution is -0.126. The molecule has 6 heteroatoms. The predicted molar refractivity (Wildman–Crippen MR) is 99.8 cm³/mol. The summed E-state index contributed by atoms with van der Waals surface area (Å²) in [5.41, 5.74) is 3.12. The second-order valence-corrected chi connectivity index (χ2v) is 7.26. The van der Waals surface area contributed by atoms with Gasteiger partial charge in [-0.2, -0.15) is 0 Å². The summed E-state index contributed by atoms with van der Waals surface area (Å²) in [5.74, 6) is 0.931. The lowest BCUT2D eigenvalue weighted by Gasteiger charge is -2.25. The van der Waals surface area contributed by atoms with Crippen LogP contribution in [0.5, 0.6) is 0 Å². The molecule has 2 aromatic heterocycles. The number of hydrogen-bond donors (Lipinski definition) is 1. The highest BCUT2D eigenvalue weighted by molar-refractivity contribution is 5.79. The fraction of sp³-hybridized carbons (Fsp3) is 0.500. The van der Waals surface area contributed by atoms with Crippen LogP contribution in [-0.4, -0.2) is 33.9 Å². The number of hydrogen-bond acceptors (Lipinski definition) is 5. The van der Waals surface area contributed by atoms with E-state index in [1.54, 1.807) is 6.20 Å². The molecule has 0 saturated carbocycles. The number of carbonyl (C=O) groups is 1. The molecule has 1 aliphatic heterocycles. The second kappa shape index (κ2) is 7.40. The first-order valence-electron chi connectivity index (χ1n) is 9.52. The lowest BCUT2D eigenvalue weighted by atomic mass is 9.86. The largest absolute Gasteiger partial charge is 0.348 e. The number of amides is 1. The van der Waals surface area contributed by atoms with Crippen molar-refractivity contribution in [2.45, 2.75) is 45.1 Å². The molecule has 0 bridgehead atoms. The average molecular weight is 351 g/mol. The van der Waals surface area contributed by atoms with Gasteiger partial charge in [-0.05, 0) is 56.7 Å².